The molecule has 0 bridgehead atoms. The fraction of sp³-hybridized carbons (Fsp3) is 0.364. The van der Waals surface area contributed by atoms with Crippen molar-refractivity contribution in [2.75, 3.05) is 6.54 Å². The van der Waals surface area contributed by atoms with Crippen LogP contribution in [0.25, 0.3) is 6.08 Å². The summed E-state index contributed by atoms with van der Waals surface area (Å²) in [6.07, 6.45) is 1.82. The molecule has 0 aliphatic heterocycles. The molecule has 0 saturated carbocycles. The van der Waals surface area contributed by atoms with Crippen LogP contribution in [-0.2, 0) is 24.0 Å². The maximum atomic E-state index is 12.4. The number of hydrogen-bond donors (Lipinski definition) is 7. The lowest BCUT2D eigenvalue weighted by molar-refractivity contribution is -0.144. The highest BCUT2D eigenvalue weighted by Crippen LogP contribution is 2.13. The molecule has 1 aromatic rings. The number of nitrogens with zero attached hydrogens (tertiary/aromatic N) is 1. The summed E-state index contributed by atoms with van der Waals surface area (Å²) in [4.78, 5) is 62.7. The van der Waals surface area contributed by atoms with Gasteiger partial charge >= 0.3 is 11.9 Å². The Kier molecular flexibility index (Phi) is 11.4. The van der Waals surface area contributed by atoms with Crippen molar-refractivity contribution in [3.63, 3.8) is 0 Å². The van der Waals surface area contributed by atoms with Crippen molar-refractivity contribution in [3.05, 3.63) is 35.9 Å². The van der Waals surface area contributed by atoms with Crippen molar-refractivity contribution >= 4 is 47.4 Å². The summed E-state index contributed by atoms with van der Waals surface area (Å²) in [6.45, 7) is 3.06. The molecule has 0 heterocycles. The molecule has 35 heavy (non-hydrogen) atoms. The number of carbonyl (C=O) groups excluding carboxylic acids is 3. The number of carboxylic acids is 2. The molecule has 0 radical (unpaired) electrons. The number of carboxylic acid groups (broad SMARTS) is 2. The van der Waals surface area contributed by atoms with Crippen molar-refractivity contribution in [2.24, 2.45) is 22.4 Å². The van der Waals surface area contributed by atoms with Crippen molar-refractivity contribution in [1.82, 2.24) is 16.0 Å². The number of aliphatic carboxylic acids is 2. The lowest BCUT2D eigenvalue weighted by atomic mass is 10.0. The Balaban J connectivity index is 2.58. The first kappa shape index (κ1) is 28.6. The monoisotopic (exact) mass is 490 g/mol. The number of carbonyl (C=O) groups is 5. The van der Waals surface area contributed by atoms with Crippen LogP contribution in [0.1, 0.15) is 32.3 Å². The van der Waals surface area contributed by atoms with E-state index in [1.54, 1.807) is 38.1 Å². The molecular weight excluding hydrogens is 460 g/mol. The molecule has 0 aromatic heterocycles. The highest BCUT2D eigenvalue weighted by atomic mass is 16.4. The zero-order valence-corrected chi connectivity index (χ0v) is 19.4. The fourth-order valence-electron chi connectivity index (χ4n) is 2.76. The van der Waals surface area contributed by atoms with Gasteiger partial charge in [0.15, 0.2) is 5.96 Å². The Morgan fingerprint density at radius 2 is 1.66 bits per heavy atom. The van der Waals surface area contributed by atoms with Gasteiger partial charge in [-0.05, 0) is 29.7 Å². The summed E-state index contributed by atoms with van der Waals surface area (Å²) in [5.74, 6) is -5.28. The molecular formula is C22H30N6O7. The molecule has 0 unspecified atom stereocenters. The molecule has 3 amide bonds. The van der Waals surface area contributed by atoms with Crippen LogP contribution in [0.3, 0.4) is 0 Å². The molecule has 13 nitrogen and oxygen atoms in total. The number of hydrogen-bond acceptors (Lipinski definition) is 6. The van der Waals surface area contributed by atoms with Gasteiger partial charge in [0, 0.05) is 19.0 Å². The van der Waals surface area contributed by atoms with E-state index in [-0.39, 0.29) is 18.9 Å². The van der Waals surface area contributed by atoms with Crippen LogP contribution >= 0.6 is 0 Å². The van der Waals surface area contributed by atoms with Crippen LogP contribution in [0.5, 0.6) is 0 Å². The molecule has 0 aliphatic rings. The van der Waals surface area contributed by atoms with Crippen molar-refractivity contribution in [1.29, 1.82) is 0 Å². The zero-order chi connectivity index (χ0) is 26.5. The maximum Gasteiger partial charge on any atom is 0.326 e. The summed E-state index contributed by atoms with van der Waals surface area (Å²) in [6, 6.07) is 3.99. The number of nitrogens with one attached hydrogen (secondary N) is 3. The molecule has 0 fully saturated rings. The minimum Gasteiger partial charge on any atom is -0.481 e. The van der Waals surface area contributed by atoms with Crippen LogP contribution in [0.4, 0.5) is 5.69 Å². The van der Waals surface area contributed by atoms with Gasteiger partial charge in [-0.2, -0.15) is 0 Å². The zero-order valence-electron chi connectivity index (χ0n) is 19.4. The Bertz CT molecular complexity index is 985. The first-order valence-electron chi connectivity index (χ1n) is 10.6. The third-order valence-corrected chi connectivity index (χ3v) is 4.49. The molecule has 0 saturated heterocycles. The van der Waals surface area contributed by atoms with Crippen molar-refractivity contribution in [2.45, 2.75) is 38.8 Å². The number of benzene rings is 1. The highest BCUT2D eigenvalue weighted by Gasteiger charge is 2.29. The Hall–Kier alpha value is -4.42. The molecule has 1 rings (SSSR count). The van der Waals surface area contributed by atoms with E-state index < -0.39 is 54.1 Å². The first-order valence-corrected chi connectivity index (χ1v) is 10.6. The number of aliphatic imine (C=N–C) groups is 1. The van der Waals surface area contributed by atoms with E-state index in [1.165, 1.54) is 12.2 Å². The molecule has 190 valence electrons. The van der Waals surface area contributed by atoms with E-state index in [0.29, 0.717) is 11.3 Å². The average Bonchev–Trinajstić information content (AvgIpc) is 2.75. The van der Waals surface area contributed by atoms with Crippen molar-refractivity contribution < 1.29 is 34.2 Å². The minimum absolute atomic E-state index is 0.0772. The van der Waals surface area contributed by atoms with Crippen LogP contribution in [0.2, 0.25) is 0 Å². The van der Waals surface area contributed by atoms with Gasteiger partial charge in [0.1, 0.15) is 12.1 Å². The van der Waals surface area contributed by atoms with Crippen LogP contribution < -0.4 is 27.4 Å². The molecule has 9 N–H and O–H groups in total. The lowest BCUT2D eigenvalue weighted by Crippen LogP contribution is -2.53. The number of amides is 3. The van der Waals surface area contributed by atoms with Crippen LogP contribution in [0, 0.1) is 5.92 Å². The van der Waals surface area contributed by atoms with E-state index >= 15 is 0 Å². The third-order valence-electron chi connectivity index (χ3n) is 4.49. The SMILES string of the molecule is CC(C)[C@H](NC(=O)[C@H](CC(=O)O)NC(=O)CCNC(=O)C=Cc1ccc(N=C(N)N)cc1)C(=O)O. The number of guanidine groups is 1. The first-order chi connectivity index (χ1) is 16.4. The average molecular weight is 491 g/mol. The normalized spacial score (nSPS) is 12.4. The summed E-state index contributed by atoms with van der Waals surface area (Å²) in [5.41, 5.74) is 11.8. The second-order valence-electron chi connectivity index (χ2n) is 7.79. The maximum absolute atomic E-state index is 12.4. The second-order valence-corrected chi connectivity index (χ2v) is 7.79. The van der Waals surface area contributed by atoms with Gasteiger partial charge in [0.25, 0.3) is 0 Å². The fourth-order valence-corrected chi connectivity index (χ4v) is 2.76. The molecule has 0 spiro atoms. The quantitative estimate of drug-likeness (QED) is 0.105. The summed E-state index contributed by atoms with van der Waals surface area (Å²) in [7, 11) is 0. The third kappa shape index (κ3) is 11.3. The standard InChI is InChI=1S/C22H30N6O7/c1-12(2)19(21(34)35)28-20(33)15(11-18(31)32)27-17(30)9-10-25-16(29)8-5-13-3-6-14(7-4-13)26-22(23)24/h3-8,12,15,19H,9-11H2,1-2H3,(H,25,29)(H,27,30)(H,28,33)(H,31,32)(H,34,35)(H4,23,24,26)/t15-,19-/m0/s1. The van der Waals surface area contributed by atoms with Gasteiger partial charge < -0.3 is 37.6 Å². The van der Waals surface area contributed by atoms with Gasteiger partial charge in [-0.15, -0.1) is 0 Å². The molecule has 1 aromatic carbocycles. The van der Waals surface area contributed by atoms with E-state index in [4.69, 9.17) is 16.6 Å². The van der Waals surface area contributed by atoms with Gasteiger partial charge in [0.2, 0.25) is 17.7 Å². The number of rotatable bonds is 13. The summed E-state index contributed by atoms with van der Waals surface area (Å²) < 4.78 is 0. The van der Waals surface area contributed by atoms with E-state index in [0.717, 1.165) is 0 Å². The minimum atomic E-state index is -1.47. The predicted molar refractivity (Wildman–Crippen MR) is 127 cm³/mol. The topological polar surface area (TPSA) is 226 Å². The van der Waals surface area contributed by atoms with E-state index in [9.17, 15) is 29.1 Å². The van der Waals surface area contributed by atoms with Gasteiger partial charge in [-0.3, -0.25) is 19.2 Å². The Morgan fingerprint density at radius 3 is 2.17 bits per heavy atom. The predicted octanol–water partition coefficient (Wildman–Crippen LogP) is -0.704. The van der Waals surface area contributed by atoms with Gasteiger partial charge in [0.05, 0.1) is 12.1 Å². The smallest absolute Gasteiger partial charge is 0.326 e. The van der Waals surface area contributed by atoms with E-state index in [2.05, 4.69) is 20.9 Å². The van der Waals surface area contributed by atoms with Crippen LogP contribution in [-0.4, -0.2) is 64.5 Å². The lowest BCUT2D eigenvalue weighted by Gasteiger charge is -2.22. The number of nitrogens with two attached hydrogens (primary N) is 2. The Labute approximate surface area is 201 Å². The van der Waals surface area contributed by atoms with Crippen LogP contribution in [0.15, 0.2) is 35.3 Å². The summed E-state index contributed by atoms with van der Waals surface area (Å²) in [5, 5.41) is 25.2. The molecule has 2 atom stereocenters. The largest absolute Gasteiger partial charge is 0.481 e. The van der Waals surface area contributed by atoms with Crippen molar-refractivity contribution in [3.8, 4) is 0 Å². The highest BCUT2D eigenvalue weighted by molar-refractivity contribution is 5.94. The van der Waals surface area contributed by atoms with E-state index in [1.807, 2.05) is 0 Å². The summed E-state index contributed by atoms with van der Waals surface area (Å²) >= 11 is 0. The van der Waals surface area contributed by atoms with Gasteiger partial charge in [-0.1, -0.05) is 26.0 Å². The van der Waals surface area contributed by atoms with Gasteiger partial charge in [-0.25, -0.2) is 9.79 Å². The Morgan fingerprint density at radius 1 is 1.03 bits per heavy atom. The second kappa shape index (κ2) is 14.0. The molecule has 13 heteroatoms. The molecule has 0 aliphatic carbocycles.